The van der Waals surface area contributed by atoms with E-state index in [2.05, 4.69) is 63.3 Å². The fourth-order valence-corrected chi connectivity index (χ4v) is 2.33. The monoisotopic (exact) mass is 356 g/mol. The standard InChI is InChI=1S/C14H17IN2O/c1-2-9-18-10-8-17-7-6-16-14(17)12-4-3-5-13(15)11-12/h3-7,11H,2,8-10H2,1H3. The third-order valence-electron chi connectivity index (χ3n) is 2.62. The molecule has 0 bridgehead atoms. The number of imidazole rings is 1. The van der Waals surface area contributed by atoms with Crippen molar-refractivity contribution in [3.63, 3.8) is 0 Å². The Morgan fingerprint density at radius 1 is 1.33 bits per heavy atom. The molecule has 18 heavy (non-hydrogen) atoms. The van der Waals surface area contributed by atoms with Gasteiger partial charge in [-0.1, -0.05) is 19.1 Å². The molecule has 3 nitrogen and oxygen atoms in total. The molecule has 0 N–H and O–H groups in total. The van der Waals surface area contributed by atoms with Crippen LogP contribution in [-0.4, -0.2) is 22.8 Å². The number of hydrogen-bond donors (Lipinski definition) is 0. The first-order valence-corrected chi connectivity index (χ1v) is 7.24. The highest BCUT2D eigenvalue weighted by Gasteiger charge is 2.05. The lowest BCUT2D eigenvalue weighted by Crippen LogP contribution is -2.07. The van der Waals surface area contributed by atoms with E-state index in [-0.39, 0.29) is 0 Å². The maximum absolute atomic E-state index is 5.52. The number of nitrogens with zero attached hydrogens (tertiary/aromatic N) is 2. The van der Waals surface area contributed by atoms with Crippen LogP contribution in [0.5, 0.6) is 0 Å². The van der Waals surface area contributed by atoms with Crippen molar-refractivity contribution in [1.82, 2.24) is 9.55 Å². The highest BCUT2D eigenvalue weighted by Crippen LogP contribution is 2.19. The van der Waals surface area contributed by atoms with Crippen LogP contribution >= 0.6 is 22.6 Å². The summed E-state index contributed by atoms with van der Waals surface area (Å²) in [5.74, 6) is 1.01. The van der Waals surface area contributed by atoms with Gasteiger partial charge in [-0.05, 0) is 41.1 Å². The van der Waals surface area contributed by atoms with Gasteiger partial charge in [0.05, 0.1) is 6.61 Å². The number of rotatable bonds is 6. The lowest BCUT2D eigenvalue weighted by atomic mass is 10.2. The molecule has 1 aromatic carbocycles. The molecule has 0 saturated heterocycles. The van der Waals surface area contributed by atoms with E-state index in [1.165, 1.54) is 3.57 Å². The minimum Gasteiger partial charge on any atom is -0.380 e. The van der Waals surface area contributed by atoms with Crippen LogP contribution < -0.4 is 0 Å². The van der Waals surface area contributed by atoms with E-state index in [9.17, 15) is 0 Å². The van der Waals surface area contributed by atoms with Gasteiger partial charge in [0.1, 0.15) is 5.82 Å². The quantitative estimate of drug-likeness (QED) is 0.584. The van der Waals surface area contributed by atoms with E-state index in [0.29, 0.717) is 0 Å². The second-order valence-corrected chi connectivity index (χ2v) is 5.31. The Balaban J connectivity index is 2.08. The predicted molar refractivity (Wildman–Crippen MR) is 81.5 cm³/mol. The van der Waals surface area contributed by atoms with Gasteiger partial charge < -0.3 is 9.30 Å². The normalized spacial score (nSPS) is 10.8. The topological polar surface area (TPSA) is 27.1 Å². The zero-order valence-corrected chi connectivity index (χ0v) is 12.6. The summed E-state index contributed by atoms with van der Waals surface area (Å²) in [4.78, 5) is 4.43. The van der Waals surface area contributed by atoms with Gasteiger partial charge in [-0.15, -0.1) is 0 Å². The summed E-state index contributed by atoms with van der Waals surface area (Å²) >= 11 is 2.32. The number of benzene rings is 1. The summed E-state index contributed by atoms with van der Waals surface area (Å²) in [7, 11) is 0. The van der Waals surface area contributed by atoms with Crippen molar-refractivity contribution in [1.29, 1.82) is 0 Å². The highest BCUT2D eigenvalue weighted by atomic mass is 127. The molecule has 0 fully saturated rings. The average Bonchev–Trinajstić information content (AvgIpc) is 2.83. The summed E-state index contributed by atoms with van der Waals surface area (Å²) in [5.41, 5.74) is 1.15. The van der Waals surface area contributed by atoms with Crippen LogP contribution in [0.2, 0.25) is 0 Å². The molecule has 0 amide bonds. The van der Waals surface area contributed by atoms with Gasteiger partial charge in [-0.25, -0.2) is 4.98 Å². The van der Waals surface area contributed by atoms with Crippen LogP contribution in [0.25, 0.3) is 11.4 Å². The second kappa shape index (κ2) is 6.89. The Kier molecular flexibility index (Phi) is 5.19. The molecule has 0 spiro atoms. The first-order valence-electron chi connectivity index (χ1n) is 6.16. The number of aromatic nitrogens is 2. The molecule has 0 radical (unpaired) electrons. The van der Waals surface area contributed by atoms with Crippen molar-refractivity contribution in [2.75, 3.05) is 13.2 Å². The number of ether oxygens (including phenoxy) is 1. The van der Waals surface area contributed by atoms with Crippen molar-refractivity contribution in [2.45, 2.75) is 19.9 Å². The number of halogens is 1. The smallest absolute Gasteiger partial charge is 0.139 e. The van der Waals surface area contributed by atoms with E-state index >= 15 is 0 Å². The third-order valence-corrected chi connectivity index (χ3v) is 3.29. The van der Waals surface area contributed by atoms with Crippen molar-refractivity contribution in [2.24, 2.45) is 0 Å². The number of hydrogen-bond acceptors (Lipinski definition) is 2. The molecule has 0 aliphatic carbocycles. The first-order chi connectivity index (χ1) is 8.81. The van der Waals surface area contributed by atoms with E-state index in [1.807, 2.05) is 12.4 Å². The van der Waals surface area contributed by atoms with Gasteiger partial charge in [-0.3, -0.25) is 0 Å². The largest absolute Gasteiger partial charge is 0.380 e. The summed E-state index contributed by atoms with van der Waals surface area (Å²) in [5, 5.41) is 0. The summed E-state index contributed by atoms with van der Waals surface area (Å²) in [6.45, 7) is 4.53. The zero-order chi connectivity index (χ0) is 12.8. The fourth-order valence-electron chi connectivity index (χ4n) is 1.79. The Hall–Kier alpha value is -0.880. The molecule has 1 heterocycles. The Morgan fingerprint density at radius 2 is 2.22 bits per heavy atom. The van der Waals surface area contributed by atoms with Gasteiger partial charge in [0.15, 0.2) is 0 Å². The van der Waals surface area contributed by atoms with Crippen LogP contribution in [0.4, 0.5) is 0 Å². The Labute approximate surface area is 121 Å². The predicted octanol–water partition coefficient (Wildman–Crippen LogP) is 3.58. The molecule has 0 unspecified atom stereocenters. The van der Waals surface area contributed by atoms with E-state index < -0.39 is 0 Å². The molecule has 0 saturated carbocycles. The van der Waals surface area contributed by atoms with Crippen LogP contribution in [0.15, 0.2) is 36.7 Å². The van der Waals surface area contributed by atoms with Crippen LogP contribution in [-0.2, 0) is 11.3 Å². The Morgan fingerprint density at radius 3 is 3.00 bits per heavy atom. The molecule has 0 atom stereocenters. The molecular weight excluding hydrogens is 339 g/mol. The maximum Gasteiger partial charge on any atom is 0.139 e. The fraction of sp³-hybridized carbons (Fsp3) is 0.357. The third kappa shape index (κ3) is 3.55. The van der Waals surface area contributed by atoms with Gasteiger partial charge >= 0.3 is 0 Å². The lowest BCUT2D eigenvalue weighted by molar-refractivity contribution is 0.127. The van der Waals surface area contributed by atoms with Crippen molar-refractivity contribution in [3.8, 4) is 11.4 Å². The van der Waals surface area contributed by atoms with Crippen LogP contribution in [0.3, 0.4) is 0 Å². The maximum atomic E-state index is 5.52. The molecule has 96 valence electrons. The lowest BCUT2D eigenvalue weighted by Gasteiger charge is -2.08. The molecule has 2 rings (SSSR count). The molecule has 4 heteroatoms. The van der Waals surface area contributed by atoms with Gasteiger partial charge in [0.25, 0.3) is 0 Å². The average molecular weight is 356 g/mol. The van der Waals surface area contributed by atoms with Crippen molar-refractivity contribution in [3.05, 3.63) is 40.2 Å². The Bertz CT molecular complexity index is 496. The van der Waals surface area contributed by atoms with Crippen molar-refractivity contribution < 1.29 is 4.74 Å². The highest BCUT2D eigenvalue weighted by molar-refractivity contribution is 14.1. The van der Waals surface area contributed by atoms with E-state index in [0.717, 1.165) is 37.6 Å². The molecule has 0 aliphatic rings. The minimum absolute atomic E-state index is 0.737. The van der Waals surface area contributed by atoms with Gasteiger partial charge in [0, 0.05) is 34.7 Å². The van der Waals surface area contributed by atoms with Gasteiger partial charge in [-0.2, -0.15) is 0 Å². The molecule has 1 aromatic heterocycles. The van der Waals surface area contributed by atoms with Crippen LogP contribution in [0.1, 0.15) is 13.3 Å². The first kappa shape index (κ1) is 13.5. The molecule has 2 aromatic rings. The SMILES string of the molecule is CCCOCCn1ccnc1-c1cccc(I)c1. The molecular formula is C14H17IN2O. The molecule has 0 aliphatic heterocycles. The second-order valence-electron chi connectivity index (χ2n) is 4.07. The summed E-state index contributed by atoms with van der Waals surface area (Å²) in [6.07, 6.45) is 4.91. The summed E-state index contributed by atoms with van der Waals surface area (Å²) < 4.78 is 8.88. The van der Waals surface area contributed by atoms with Gasteiger partial charge in [0.2, 0.25) is 0 Å². The zero-order valence-electron chi connectivity index (χ0n) is 10.5. The van der Waals surface area contributed by atoms with Crippen LogP contribution in [0, 0.1) is 3.57 Å². The van der Waals surface area contributed by atoms with Crippen molar-refractivity contribution >= 4 is 22.6 Å². The minimum atomic E-state index is 0.737. The van der Waals surface area contributed by atoms with E-state index in [4.69, 9.17) is 4.74 Å². The summed E-state index contributed by atoms with van der Waals surface area (Å²) in [6, 6.07) is 8.38. The van der Waals surface area contributed by atoms with E-state index in [1.54, 1.807) is 0 Å².